The molecule has 18 heavy (non-hydrogen) atoms. The first-order valence-electron chi connectivity index (χ1n) is 6.22. The monoisotopic (exact) mass is 260 g/mol. The predicted molar refractivity (Wildman–Crippen MR) is 75.3 cm³/mol. The lowest BCUT2D eigenvalue weighted by Crippen LogP contribution is -2.32. The summed E-state index contributed by atoms with van der Waals surface area (Å²) < 4.78 is 5.58. The summed E-state index contributed by atoms with van der Waals surface area (Å²) in [6.07, 6.45) is 2.41. The van der Waals surface area contributed by atoms with Crippen LogP contribution in [0.4, 0.5) is 5.88 Å². The van der Waals surface area contributed by atoms with E-state index in [0.29, 0.717) is 0 Å². The highest BCUT2D eigenvalue weighted by molar-refractivity contribution is 7.99. The molecule has 0 N–H and O–H groups in total. The van der Waals surface area contributed by atoms with Gasteiger partial charge in [0.15, 0.2) is 6.39 Å². The number of hydrogen-bond acceptors (Lipinski definition) is 4. The van der Waals surface area contributed by atoms with Gasteiger partial charge in [0.05, 0.1) is 0 Å². The van der Waals surface area contributed by atoms with Crippen LogP contribution in [0.3, 0.4) is 0 Å². The van der Waals surface area contributed by atoms with Gasteiger partial charge < -0.3 is 9.32 Å². The number of aromatic nitrogens is 1. The third-order valence-corrected chi connectivity index (χ3v) is 4.07. The van der Waals surface area contributed by atoms with Crippen LogP contribution in [0.2, 0.25) is 0 Å². The zero-order valence-corrected chi connectivity index (χ0v) is 11.0. The fourth-order valence-corrected chi connectivity index (χ4v) is 3.10. The number of oxazole rings is 1. The van der Waals surface area contributed by atoms with E-state index in [2.05, 4.69) is 34.1 Å². The lowest BCUT2D eigenvalue weighted by Gasteiger charge is -2.26. The molecular weight excluding hydrogens is 244 g/mol. The van der Waals surface area contributed by atoms with Gasteiger partial charge in [0.1, 0.15) is 5.69 Å². The van der Waals surface area contributed by atoms with Crippen molar-refractivity contribution in [3.05, 3.63) is 48.0 Å². The first kappa shape index (κ1) is 11.7. The highest BCUT2D eigenvalue weighted by atomic mass is 32.2. The smallest absolute Gasteiger partial charge is 0.219 e. The molecule has 1 aromatic carbocycles. The SMILES string of the molecule is c1ccc(Cc2ncoc2N2CCSCC2)cc1. The molecule has 0 unspecified atom stereocenters. The zero-order chi connectivity index (χ0) is 12.2. The van der Waals surface area contributed by atoms with Gasteiger partial charge >= 0.3 is 0 Å². The van der Waals surface area contributed by atoms with Crippen LogP contribution in [0, 0.1) is 0 Å². The predicted octanol–water partition coefficient (Wildman–Crippen LogP) is 2.82. The van der Waals surface area contributed by atoms with E-state index in [9.17, 15) is 0 Å². The van der Waals surface area contributed by atoms with Crippen LogP contribution < -0.4 is 4.90 Å². The summed E-state index contributed by atoms with van der Waals surface area (Å²) in [5.74, 6) is 3.30. The van der Waals surface area contributed by atoms with Crippen molar-refractivity contribution in [2.24, 2.45) is 0 Å². The van der Waals surface area contributed by atoms with Crippen LogP contribution in [-0.2, 0) is 6.42 Å². The molecule has 0 amide bonds. The molecule has 1 fully saturated rings. The normalized spacial score (nSPS) is 15.9. The Morgan fingerprint density at radius 1 is 1.17 bits per heavy atom. The third kappa shape index (κ3) is 2.53. The van der Waals surface area contributed by atoms with Crippen LogP contribution in [-0.4, -0.2) is 29.6 Å². The molecule has 0 aliphatic carbocycles. The van der Waals surface area contributed by atoms with E-state index in [1.165, 1.54) is 17.1 Å². The summed E-state index contributed by atoms with van der Waals surface area (Å²) in [6, 6.07) is 10.4. The van der Waals surface area contributed by atoms with E-state index in [1.807, 2.05) is 17.8 Å². The molecule has 0 radical (unpaired) electrons. The average Bonchev–Trinajstić information content (AvgIpc) is 2.89. The number of nitrogens with zero attached hydrogens (tertiary/aromatic N) is 2. The first-order chi connectivity index (χ1) is 8.93. The number of rotatable bonds is 3. The standard InChI is InChI=1S/C14H16N2OS/c1-2-4-12(5-3-1)10-13-14(17-11-15-13)16-6-8-18-9-7-16/h1-5,11H,6-10H2. The van der Waals surface area contributed by atoms with Gasteiger partial charge in [-0.2, -0.15) is 11.8 Å². The lowest BCUT2D eigenvalue weighted by molar-refractivity contribution is 0.540. The van der Waals surface area contributed by atoms with Crippen molar-refractivity contribution < 1.29 is 4.42 Å². The quantitative estimate of drug-likeness (QED) is 0.848. The number of thioether (sulfide) groups is 1. The molecule has 1 aromatic heterocycles. The van der Waals surface area contributed by atoms with Gasteiger partial charge in [0.25, 0.3) is 0 Å². The molecule has 0 bridgehead atoms. The Labute approximate surface area is 111 Å². The summed E-state index contributed by atoms with van der Waals surface area (Å²) >= 11 is 2.00. The van der Waals surface area contributed by atoms with Gasteiger partial charge in [-0.3, -0.25) is 0 Å². The Morgan fingerprint density at radius 3 is 2.72 bits per heavy atom. The number of hydrogen-bond donors (Lipinski definition) is 0. The minimum atomic E-state index is 0.844. The molecule has 0 atom stereocenters. The second kappa shape index (κ2) is 5.48. The van der Waals surface area contributed by atoms with Gasteiger partial charge in [-0.15, -0.1) is 0 Å². The fourth-order valence-electron chi connectivity index (χ4n) is 2.20. The van der Waals surface area contributed by atoms with Gasteiger partial charge in [-0.25, -0.2) is 4.98 Å². The number of benzene rings is 1. The first-order valence-corrected chi connectivity index (χ1v) is 7.38. The summed E-state index contributed by atoms with van der Waals surface area (Å²) in [4.78, 5) is 6.68. The summed E-state index contributed by atoms with van der Waals surface area (Å²) in [5.41, 5.74) is 2.33. The molecule has 94 valence electrons. The second-order valence-corrected chi connectivity index (χ2v) is 5.59. The molecular formula is C14H16N2OS. The Kier molecular flexibility index (Phi) is 3.55. The van der Waals surface area contributed by atoms with Crippen LogP contribution in [0.1, 0.15) is 11.3 Å². The van der Waals surface area contributed by atoms with Gasteiger partial charge in [-0.05, 0) is 5.56 Å². The molecule has 3 nitrogen and oxygen atoms in total. The highest BCUT2D eigenvalue weighted by Crippen LogP contribution is 2.24. The summed E-state index contributed by atoms with van der Waals surface area (Å²) in [5, 5.41) is 0. The molecule has 2 aromatic rings. The van der Waals surface area contributed by atoms with Crippen molar-refractivity contribution in [3.8, 4) is 0 Å². The molecule has 4 heteroatoms. The van der Waals surface area contributed by atoms with Gasteiger partial charge in [0, 0.05) is 31.0 Å². The van der Waals surface area contributed by atoms with Crippen LogP contribution >= 0.6 is 11.8 Å². The van der Waals surface area contributed by atoms with Gasteiger partial charge in [-0.1, -0.05) is 30.3 Å². The van der Waals surface area contributed by atoms with E-state index in [4.69, 9.17) is 4.42 Å². The van der Waals surface area contributed by atoms with E-state index < -0.39 is 0 Å². The minimum absolute atomic E-state index is 0.844. The number of anilines is 1. The summed E-state index contributed by atoms with van der Waals surface area (Å²) in [6.45, 7) is 2.11. The second-order valence-electron chi connectivity index (χ2n) is 4.37. The molecule has 0 spiro atoms. The van der Waals surface area contributed by atoms with E-state index >= 15 is 0 Å². The largest absolute Gasteiger partial charge is 0.428 e. The van der Waals surface area contributed by atoms with E-state index in [1.54, 1.807) is 6.39 Å². The third-order valence-electron chi connectivity index (χ3n) is 3.13. The van der Waals surface area contributed by atoms with Crippen molar-refractivity contribution in [2.75, 3.05) is 29.5 Å². The topological polar surface area (TPSA) is 29.3 Å². The van der Waals surface area contributed by atoms with Crippen LogP contribution in [0.25, 0.3) is 0 Å². The van der Waals surface area contributed by atoms with Crippen molar-refractivity contribution in [1.29, 1.82) is 0 Å². The fraction of sp³-hybridized carbons (Fsp3) is 0.357. The average molecular weight is 260 g/mol. The minimum Gasteiger partial charge on any atom is -0.428 e. The molecule has 2 heterocycles. The van der Waals surface area contributed by atoms with Crippen molar-refractivity contribution in [1.82, 2.24) is 4.98 Å². The maximum absolute atomic E-state index is 5.58. The Bertz CT molecular complexity index is 492. The Balaban J connectivity index is 1.78. The van der Waals surface area contributed by atoms with E-state index in [-0.39, 0.29) is 0 Å². The van der Waals surface area contributed by atoms with Crippen molar-refractivity contribution in [3.63, 3.8) is 0 Å². The lowest BCUT2D eigenvalue weighted by atomic mass is 10.1. The summed E-state index contributed by atoms with van der Waals surface area (Å²) in [7, 11) is 0. The maximum atomic E-state index is 5.58. The zero-order valence-electron chi connectivity index (χ0n) is 10.2. The molecule has 3 rings (SSSR count). The maximum Gasteiger partial charge on any atom is 0.219 e. The van der Waals surface area contributed by atoms with Crippen LogP contribution in [0.15, 0.2) is 41.1 Å². The van der Waals surface area contributed by atoms with Crippen molar-refractivity contribution in [2.45, 2.75) is 6.42 Å². The Morgan fingerprint density at radius 2 is 1.94 bits per heavy atom. The van der Waals surface area contributed by atoms with Crippen LogP contribution in [0.5, 0.6) is 0 Å². The van der Waals surface area contributed by atoms with Gasteiger partial charge in [0.2, 0.25) is 5.88 Å². The molecule has 1 aliphatic heterocycles. The Hall–Kier alpha value is -1.42. The molecule has 1 saturated heterocycles. The molecule has 0 saturated carbocycles. The molecule has 1 aliphatic rings. The van der Waals surface area contributed by atoms with Crippen molar-refractivity contribution >= 4 is 17.6 Å². The van der Waals surface area contributed by atoms with E-state index in [0.717, 1.165) is 31.1 Å². The highest BCUT2D eigenvalue weighted by Gasteiger charge is 2.18.